The lowest BCUT2D eigenvalue weighted by molar-refractivity contribution is 0.0983. The first-order chi connectivity index (χ1) is 11.5. The number of hydrogen-bond donors (Lipinski definition) is 2. The standard InChI is InChI=1S/C20H24N2O2/c1-15-6-8-18(9-7-15)19(23)11-13-22-20(24)21-12-10-17-5-3-4-16(2)14-17/h3-9,14H,10-13H2,1-2H3,(H2,21,22,24). The largest absolute Gasteiger partial charge is 0.338 e. The van der Waals surface area contributed by atoms with E-state index in [0.717, 1.165) is 12.0 Å². The van der Waals surface area contributed by atoms with Crippen molar-refractivity contribution in [2.24, 2.45) is 0 Å². The molecule has 0 aliphatic carbocycles. The highest BCUT2D eigenvalue weighted by atomic mass is 16.2. The van der Waals surface area contributed by atoms with Gasteiger partial charge in [0.15, 0.2) is 5.78 Å². The predicted molar refractivity (Wildman–Crippen MR) is 96.4 cm³/mol. The minimum absolute atomic E-state index is 0.0371. The summed E-state index contributed by atoms with van der Waals surface area (Å²) >= 11 is 0. The van der Waals surface area contributed by atoms with E-state index in [4.69, 9.17) is 0 Å². The van der Waals surface area contributed by atoms with E-state index >= 15 is 0 Å². The Morgan fingerprint density at radius 1 is 0.875 bits per heavy atom. The highest BCUT2D eigenvalue weighted by Gasteiger charge is 2.06. The smallest absolute Gasteiger partial charge is 0.314 e. The van der Waals surface area contributed by atoms with Crippen molar-refractivity contribution in [3.05, 3.63) is 70.8 Å². The molecule has 2 rings (SSSR count). The lowest BCUT2D eigenvalue weighted by Crippen LogP contribution is -2.37. The topological polar surface area (TPSA) is 58.2 Å². The monoisotopic (exact) mass is 324 g/mol. The summed E-state index contributed by atoms with van der Waals surface area (Å²) in [7, 11) is 0. The fraction of sp³-hybridized carbons (Fsp3) is 0.300. The van der Waals surface area contributed by atoms with Crippen molar-refractivity contribution in [1.82, 2.24) is 10.6 Å². The molecular formula is C20H24N2O2. The van der Waals surface area contributed by atoms with E-state index in [1.807, 2.05) is 43.3 Å². The molecule has 0 aliphatic rings. The van der Waals surface area contributed by atoms with Gasteiger partial charge in [-0.3, -0.25) is 4.79 Å². The van der Waals surface area contributed by atoms with Gasteiger partial charge >= 0.3 is 6.03 Å². The van der Waals surface area contributed by atoms with E-state index in [1.165, 1.54) is 11.1 Å². The van der Waals surface area contributed by atoms with E-state index in [0.29, 0.717) is 25.1 Å². The van der Waals surface area contributed by atoms with Crippen LogP contribution in [0.5, 0.6) is 0 Å². The number of nitrogens with one attached hydrogen (secondary N) is 2. The normalized spacial score (nSPS) is 10.2. The second kappa shape index (κ2) is 8.87. The van der Waals surface area contributed by atoms with E-state index in [1.54, 1.807) is 0 Å². The number of carbonyl (C=O) groups excluding carboxylic acids is 2. The average Bonchev–Trinajstić information content (AvgIpc) is 2.55. The number of carbonyl (C=O) groups is 2. The number of rotatable bonds is 7. The second-order valence-electron chi connectivity index (χ2n) is 5.96. The Labute approximate surface area is 143 Å². The summed E-state index contributed by atoms with van der Waals surface area (Å²) in [6.07, 6.45) is 1.09. The van der Waals surface area contributed by atoms with E-state index in [-0.39, 0.29) is 11.8 Å². The summed E-state index contributed by atoms with van der Waals surface area (Å²) < 4.78 is 0. The van der Waals surface area contributed by atoms with Gasteiger partial charge in [0, 0.05) is 25.1 Å². The van der Waals surface area contributed by atoms with Gasteiger partial charge in [0.05, 0.1) is 0 Å². The van der Waals surface area contributed by atoms with Crippen molar-refractivity contribution in [3.63, 3.8) is 0 Å². The van der Waals surface area contributed by atoms with Crippen LogP contribution in [0, 0.1) is 13.8 Å². The molecule has 2 aromatic rings. The molecular weight excluding hydrogens is 300 g/mol. The van der Waals surface area contributed by atoms with Crippen molar-refractivity contribution in [2.45, 2.75) is 26.7 Å². The van der Waals surface area contributed by atoms with Gasteiger partial charge < -0.3 is 10.6 Å². The molecule has 24 heavy (non-hydrogen) atoms. The van der Waals surface area contributed by atoms with Gasteiger partial charge in [-0.2, -0.15) is 0 Å². The maximum atomic E-state index is 12.0. The number of hydrogen-bond acceptors (Lipinski definition) is 2. The summed E-state index contributed by atoms with van der Waals surface area (Å²) in [5.41, 5.74) is 4.22. The number of Topliss-reactive ketones (excluding diaryl/α,β-unsaturated/α-hetero) is 1. The zero-order chi connectivity index (χ0) is 17.4. The number of amides is 2. The number of urea groups is 1. The molecule has 0 atom stereocenters. The Morgan fingerprint density at radius 3 is 2.29 bits per heavy atom. The van der Waals surface area contributed by atoms with Crippen LogP contribution in [-0.2, 0) is 6.42 Å². The van der Waals surface area contributed by atoms with Crippen molar-refractivity contribution < 1.29 is 9.59 Å². The first-order valence-corrected chi connectivity index (χ1v) is 8.22. The van der Waals surface area contributed by atoms with Crippen molar-refractivity contribution in [1.29, 1.82) is 0 Å². The van der Waals surface area contributed by atoms with Crippen LogP contribution < -0.4 is 10.6 Å². The lowest BCUT2D eigenvalue weighted by Gasteiger charge is -2.08. The van der Waals surface area contributed by atoms with Gasteiger partial charge in [-0.1, -0.05) is 59.7 Å². The van der Waals surface area contributed by atoms with Crippen molar-refractivity contribution >= 4 is 11.8 Å². The maximum Gasteiger partial charge on any atom is 0.314 e. The van der Waals surface area contributed by atoms with Gasteiger partial charge in [0.25, 0.3) is 0 Å². The van der Waals surface area contributed by atoms with Crippen LogP contribution in [0.3, 0.4) is 0 Å². The summed E-state index contributed by atoms with van der Waals surface area (Å²) in [4.78, 5) is 23.7. The quantitative estimate of drug-likeness (QED) is 0.767. The third-order valence-corrected chi connectivity index (χ3v) is 3.79. The maximum absolute atomic E-state index is 12.0. The summed E-state index contributed by atoms with van der Waals surface area (Å²) in [6, 6.07) is 15.5. The summed E-state index contributed by atoms with van der Waals surface area (Å²) in [5, 5.41) is 5.53. The number of benzene rings is 2. The molecule has 0 aliphatic heterocycles. The molecule has 0 aromatic heterocycles. The minimum atomic E-state index is -0.237. The van der Waals surface area contributed by atoms with Crippen LogP contribution >= 0.6 is 0 Å². The molecule has 0 saturated heterocycles. The Morgan fingerprint density at radius 2 is 1.58 bits per heavy atom. The van der Waals surface area contributed by atoms with Gasteiger partial charge in [-0.05, 0) is 25.8 Å². The zero-order valence-electron chi connectivity index (χ0n) is 14.3. The highest BCUT2D eigenvalue weighted by Crippen LogP contribution is 2.06. The van der Waals surface area contributed by atoms with E-state index in [9.17, 15) is 9.59 Å². The minimum Gasteiger partial charge on any atom is -0.338 e. The SMILES string of the molecule is Cc1ccc(C(=O)CCNC(=O)NCCc2cccc(C)c2)cc1. The van der Waals surface area contributed by atoms with Gasteiger partial charge in [-0.15, -0.1) is 0 Å². The molecule has 126 valence electrons. The second-order valence-corrected chi connectivity index (χ2v) is 5.96. The Kier molecular flexibility index (Phi) is 6.55. The molecule has 0 fully saturated rings. The fourth-order valence-electron chi connectivity index (χ4n) is 2.42. The van der Waals surface area contributed by atoms with Crippen molar-refractivity contribution in [3.8, 4) is 0 Å². The molecule has 0 radical (unpaired) electrons. The molecule has 4 heteroatoms. The Hall–Kier alpha value is -2.62. The van der Waals surface area contributed by atoms with Crippen LogP contribution in [0.2, 0.25) is 0 Å². The first-order valence-electron chi connectivity index (χ1n) is 8.22. The van der Waals surface area contributed by atoms with Crippen LogP contribution in [0.4, 0.5) is 4.79 Å². The van der Waals surface area contributed by atoms with Crippen LogP contribution in [0.15, 0.2) is 48.5 Å². The predicted octanol–water partition coefficient (Wildman–Crippen LogP) is 3.42. The van der Waals surface area contributed by atoms with E-state index < -0.39 is 0 Å². The van der Waals surface area contributed by atoms with Crippen LogP contribution in [-0.4, -0.2) is 24.9 Å². The van der Waals surface area contributed by atoms with Gasteiger partial charge in [-0.25, -0.2) is 4.79 Å². The molecule has 0 heterocycles. The Balaban J connectivity index is 1.64. The van der Waals surface area contributed by atoms with Crippen molar-refractivity contribution in [2.75, 3.05) is 13.1 Å². The molecule has 2 N–H and O–H groups in total. The molecule has 2 amide bonds. The van der Waals surface area contributed by atoms with Crippen LogP contribution in [0.25, 0.3) is 0 Å². The number of aryl methyl sites for hydroxylation is 2. The van der Waals surface area contributed by atoms with Gasteiger partial charge in [0.2, 0.25) is 0 Å². The third-order valence-electron chi connectivity index (χ3n) is 3.79. The highest BCUT2D eigenvalue weighted by molar-refractivity contribution is 5.96. The molecule has 0 unspecified atom stereocenters. The molecule has 0 spiro atoms. The molecule has 0 saturated carbocycles. The molecule has 4 nitrogen and oxygen atoms in total. The Bertz CT molecular complexity index is 693. The zero-order valence-corrected chi connectivity index (χ0v) is 14.3. The summed E-state index contributed by atoms with van der Waals surface area (Å²) in [6.45, 7) is 4.94. The lowest BCUT2D eigenvalue weighted by atomic mass is 10.1. The van der Waals surface area contributed by atoms with E-state index in [2.05, 4.69) is 29.7 Å². The van der Waals surface area contributed by atoms with Crippen LogP contribution in [0.1, 0.15) is 33.5 Å². The molecule has 2 aromatic carbocycles. The first kappa shape index (κ1) is 17.7. The summed E-state index contributed by atoms with van der Waals surface area (Å²) in [5.74, 6) is 0.0371. The fourth-order valence-corrected chi connectivity index (χ4v) is 2.42. The van der Waals surface area contributed by atoms with Gasteiger partial charge in [0.1, 0.15) is 0 Å². The third kappa shape index (κ3) is 5.88. The molecule has 0 bridgehead atoms. The average molecular weight is 324 g/mol. The number of ketones is 1.